The molecule has 0 radical (unpaired) electrons. The van der Waals surface area contributed by atoms with Crippen LogP contribution in [0.15, 0.2) is 42.7 Å². The Labute approximate surface area is 115 Å². The van der Waals surface area contributed by atoms with Gasteiger partial charge in [-0.2, -0.15) is 5.10 Å². The predicted molar refractivity (Wildman–Crippen MR) is 80.1 cm³/mol. The van der Waals surface area contributed by atoms with E-state index in [0.717, 1.165) is 13.0 Å². The van der Waals surface area contributed by atoms with E-state index in [0.29, 0.717) is 12.1 Å². The summed E-state index contributed by atoms with van der Waals surface area (Å²) in [6, 6.07) is 11.4. The van der Waals surface area contributed by atoms with Gasteiger partial charge in [0.15, 0.2) is 0 Å². The van der Waals surface area contributed by atoms with E-state index in [9.17, 15) is 0 Å². The Morgan fingerprint density at radius 1 is 1.11 bits per heavy atom. The summed E-state index contributed by atoms with van der Waals surface area (Å²) < 4.78 is 2.06. The molecular weight excluding hydrogens is 234 g/mol. The van der Waals surface area contributed by atoms with Crippen molar-refractivity contribution in [3.63, 3.8) is 0 Å². The molecule has 1 unspecified atom stereocenters. The van der Waals surface area contributed by atoms with E-state index in [4.69, 9.17) is 0 Å². The molecule has 0 amide bonds. The number of nitrogens with zero attached hydrogens (tertiary/aromatic N) is 2. The molecule has 2 aromatic rings. The minimum Gasteiger partial charge on any atom is -0.314 e. The summed E-state index contributed by atoms with van der Waals surface area (Å²) in [5.41, 5.74) is 2.41. The number of hydrogen-bond donors (Lipinski definition) is 1. The zero-order valence-corrected chi connectivity index (χ0v) is 12.0. The number of rotatable bonds is 6. The lowest BCUT2D eigenvalue weighted by Gasteiger charge is -2.14. The van der Waals surface area contributed by atoms with Gasteiger partial charge >= 0.3 is 0 Å². The van der Waals surface area contributed by atoms with E-state index in [1.54, 1.807) is 0 Å². The average molecular weight is 257 g/mol. The lowest BCUT2D eigenvalue weighted by molar-refractivity contribution is 0.433. The quantitative estimate of drug-likeness (QED) is 0.858. The highest BCUT2D eigenvalue weighted by Gasteiger charge is 2.07. The largest absolute Gasteiger partial charge is 0.314 e. The van der Waals surface area contributed by atoms with Crippen molar-refractivity contribution in [3.05, 3.63) is 42.7 Å². The van der Waals surface area contributed by atoms with Crippen LogP contribution in [0, 0.1) is 0 Å². The highest BCUT2D eigenvalue weighted by atomic mass is 15.3. The monoisotopic (exact) mass is 257 g/mol. The van der Waals surface area contributed by atoms with Crippen molar-refractivity contribution in [2.24, 2.45) is 0 Å². The van der Waals surface area contributed by atoms with Crippen molar-refractivity contribution in [1.29, 1.82) is 0 Å². The molecule has 19 heavy (non-hydrogen) atoms. The highest BCUT2D eigenvalue weighted by Crippen LogP contribution is 2.20. The maximum atomic E-state index is 4.48. The summed E-state index contributed by atoms with van der Waals surface area (Å²) in [4.78, 5) is 0. The molecular formula is C16H23N3. The molecule has 1 atom stereocenters. The van der Waals surface area contributed by atoms with Crippen LogP contribution in [0.1, 0.15) is 33.2 Å². The predicted octanol–water partition coefficient (Wildman–Crippen LogP) is 3.50. The third-order valence-electron chi connectivity index (χ3n) is 3.27. The minimum absolute atomic E-state index is 0.420. The first-order valence-electron chi connectivity index (χ1n) is 7.00. The minimum atomic E-state index is 0.420. The van der Waals surface area contributed by atoms with Crippen LogP contribution in [0.5, 0.6) is 0 Å². The van der Waals surface area contributed by atoms with Crippen molar-refractivity contribution >= 4 is 0 Å². The molecule has 0 aliphatic carbocycles. The summed E-state index contributed by atoms with van der Waals surface area (Å²) in [6.45, 7) is 7.58. The van der Waals surface area contributed by atoms with E-state index < -0.39 is 0 Å². The first-order chi connectivity index (χ1) is 9.16. The van der Waals surface area contributed by atoms with E-state index in [1.165, 1.54) is 11.1 Å². The Kier molecular flexibility index (Phi) is 4.74. The number of nitrogens with one attached hydrogen (secondary N) is 1. The van der Waals surface area contributed by atoms with E-state index in [-0.39, 0.29) is 0 Å². The van der Waals surface area contributed by atoms with Gasteiger partial charge in [0.1, 0.15) is 0 Å². The van der Waals surface area contributed by atoms with Crippen LogP contribution in [-0.2, 0) is 0 Å². The molecule has 0 aliphatic heterocycles. The molecule has 0 aliphatic rings. The van der Waals surface area contributed by atoms with Crippen LogP contribution in [0.3, 0.4) is 0 Å². The highest BCUT2D eigenvalue weighted by molar-refractivity contribution is 5.61. The maximum absolute atomic E-state index is 4.48. The number of hydrogen-bond acceptors (Lipinski definition) is 2. The lowest BCUT2D eigenvalue weighted by Crippen LogP contribution is -2.25. The Morgan fingerprint density at radius 2 is 1.84 bits per heavy atom. The van der Waals surface area contributed by atoms with Gasteiger partial charge in [-0.3, -0.25) is 4.68 Å². The second kappa shape index (κ2) is 6.53. The van der Waals surface area contributed by atoms with E-state index in [2.05, 4.69) is 66.3 Å². The van der Waals surface area contributed by atoms with Crippen LogP contribution in [0.2, 0.25) is 0 Å². The Morgan fingerprint density at radius 3 is 2.53 bits per heavy atom. The van der Waals surface area contributed by atoms with Crippen molar-refractivity contribution in [1.82, 2.24) is 15.1 Å². The molecule has 1 aromatic carbocycles. The lowest BCUT2D eigenvalue weighted by atomic mass is 10.1. The first-order valence-corrected chi connectivity index (χ1v) is 7.00. The third-order valence-corrected chi connectivity index (χ3v) is 3.27. The fourth-order valence-electron chi connectivity index (χ4n) is 2.07. The van der Waals surface area contributed by atoms with Gasteiger partial charge in [0, 0.05) is 17.8 Å². The molecule has 1 N–H and O–H groups in total. The molecule has 2 rings (SSSR count). The Hall–Kier alpha value is -1.61. The standard InChI is InChI=1S/C16H23N3/c1-13(2)17-10-9-14(3)19-12-16(11-18-19)15-7-5-4-6-8-15/h4-8,11-14,17H,9-10H2,1-3H3. The van der Waals surface area contributed by atoms with Crippen LogP contribution in [0.4, 0.5) is 0 Å². The van der Waals surface area contributed by atoms with Crippen LogP contribution in [0.25, 0.3) is 11.1 Å². The van der Waals surface area contributed by atoms with Crippen LogP contribution in [-0.4, -0.2) is 22.4 Å². The Balaban J connectivity index is 1.97. The molecule has 1 aromatic heterocycles. The molecule has 3 nitrogen and oxygen atoms in total. The summed E-state index contributed by atoms with van der Waals surface area (Å²) in [5, 5.41) is 7.92. The van der Waals surface area contributed by atoms with Gasteiger partial charge in [0.25, 0.3) is 0 Å². The van der Waals surface area contributed by atoms with Gasteiger partial charge in [0.05, 0.1) is 12.2 Å². The molecule has 0 saturated heterocycles. The van der Waals surface area contributed by atoms with Gasteiger partial charge in [-0.05, 0) is 25.5 Å². The summed E-state index contributed by atoms with van der Waals surface area (Å²) in [5.74, 6) is 0. The second-order valence-electron chi connectivity index (χ2n) is 5.32. The maximum Gasteiger partial charge on any atom is 0.0568 e. The molecule has 3 heteroatoms. The third kappa shape index (κ3) is 3.93. The summed E-state index contributed by atoms with van der Waals surface area (Å²) in [6.07, 6.45) is 5.17. The van der Waals surface area contributed by atoms with Crippen molar-refractivity contribution in [2.75, 3.05) is 6.54 Å². The fraction of sp³-hybridized carbons (Fsp3) is 0.438. The SMILES string of the molecule is CC(C)NCCC(C)n1cc(-c2ccccc2)cn1. The summed E-state index contributed by atoms with van der Waals surface area (Å²) >= 11 is 0. The van der Waals surface area contributed by atoms with Gasteiger partial charge in [0.2, 0.25) is 0 Å². The molecule has 0 bridgehead atoms. The average Bonchev–Trinajstić information content (AvgIpc) is 2.89. The number of benzene rings is 1. The molecule has 0 saturated carbocycles. The van der Waals surface area contributed by atoms with Gasteiger partial charge in [-0.15, -0.1) is 0 Å². The van der Waals surface area contributed by atoms with E-state index in [1.807, 2.05) is 12.3 Å². The molecule has 0 spiro atoms. The van der Waals surface area contributed by atoms with Crippen LogP contribution < -0.4 is 5.32 Å². The van der Waals surface area contributed by atoms with Gasteiger partial charge in [-0.25, -0.2) is 0 Å². The second-order valence-corrected chi connectivity index (χ2v) is 5.32. The van der Waals surface area contributed by atoms with Crippen molar-refractivity contribution in [2.45, 2.75) is 39.3 Å². The van der Waals surface area contributed by atoms with Gasteiger partial charge in [-0.1, -0.05) is 44.2 Å². The normalized spacial score (nSPS) is 12.8. The number of aromatic nitrogens is 2. The first kappa shape index (κ1) is 13.8. The van der Waals surface area contributed by atoms with E-state index >= 15 is 0 Å². The fourth-order valence-corrected chi connectivity index (χ4v) is 2.07. The van der Waals surface area contributed by atoms with Crippen LogP contribution >= 0.6 is 0 Å². The van der Waals surface area contributed by atoms with Gasteiger partial charge < -0.3 is 5.32 Å². The smallest absolute Gasteiger partial charge is 0.0568 e. The Bertz CT molecular complexity index is 488. The molecule has 0 fully saturated rings. The summed E-state index contributed by atoms with van der Waals surface area (Å²) in [7, 11) is 0. The zero-order chi connectivity index (χ0) is 13.7. The van der Waals surface area contributed by atoms with Crippen molar-refractivity contribution in [3.8, 4) is 11.1 Å². The van der Waals surface area contributed by atoms with Crippen molar-refractivity contribution < 1.29 is 0 Å². The molecule has 1 heterocycles. The zero-order valence-electron chi connectivity index (χ0n) is 12.0. The molecule has 102 valence electrons. The topological polar surface area (TPSA) is 29.9 Å².